The summed E-state index contributed by atoms with van der Waals surface area (Å²) in [5.74, 6) is 1.02. The summed E-state index contributed by atoms with van der Waals surface area (Å²) < 4.78 is 0. The molecule has 2 heterocycles. The molecule has 2 fully saturated rings. The highest BCUT2D eigenvalue weighted by molar-refractivity contribution is 5.85. The van der Waals surface area contributed by atoms with Crippen LogP contribution in [0.5, 0.6) is 0 Å². The number of likely N-dealkylation sites (tertiary alicyclic amines) is 1. The molecule has 6 heteroatoms. The van der Waals surface area contributed by atoms with E-state index < -0.39 is 0 Å². The van der Waals surface area contributed by atoms with Gasteiger partial charge in [0.05, 0.1) is 0 Å². The van der Waals surface area contributed by atoms with Gasteiger partial charge >= 0.3 is 0 Å². The Morgan fingerprint density at radius 3 is 2.32 bits per heavy atom. The van der Waals surface area contributed by atoms with Crippen LogP contribution < -0.4 is 5.32 Å². The summed E-state index contributed by atoms with van der Waals surface area (Å²) in [4.78, 5) is 17.2. The Labute approximate surface area is 164 Å². The minimum Gasteiger partial charge on any atom is -0.342 e. The van der Waals surface area contributed by atoms with E-state index in [1.54, 1.807) is 0 Å². The molecule has 1 aromatic rings. The second kappa shape index (κ2) is 10.4. The van der Waals surface area contributed by atoms with E-state index in [2.05, 4.69) is 47.5 Å². The monoisotopic (exact) mass is 387 g/mol. The van der Waals surface area contributed by atoms with Crippen LogP contribution >= 0.6 is 24.8 Å². The standard InChI is InChI=1S/C19H29N3O.2ClH/c1-15(17-12-20-13-17)19(23)21(2)18-8-10-22(11-9-18)14-16-6-4-3-5-7-16;;/h3-7,15,17-18,20H,8-14H2,1-2H3;2*1H. The van der Waals surface area contributed by atoms with Gasteiger partial charge in [-0.25, -0.2) is 0 Å². The largest absolute Gasteiger partial charge is 0.342 e. The van der Waals surface area contributed by atoms with Crippen LogP contribution in [0.4, 0.5) is 0 Å². The number of hydrogen-bond acceptors (Lipinski definition) is 3. The molecule has 3 rings (SSSR count). The summed E-state index contributed by atoms with van der Waals surface area (Å²) >= 11 is 0. The highest BCUT2D eigenvalue weighted by Crippen LogP contribution is 2.23. The lowest BCUT2D eigenvalue weighted by molar-refractivity contribution is -0.139. The number of hydrogen-bond donors (Lipinski definition) is 1. The minimum atomic E-state index is 0. The van der Waals surface area contributed by atoms with Gasteiger partial charge in [0, 0.05) is 38.6 Å². The first-order valence-electron chi connectivity index (χ1n) is 8.89. The quantitative estimate of drug-likeness (QED) is 0.843. The average molecular weight is 388 g/mol. The molecule has 25 heavy (non-hydrogen) atoms. The van der Waals surface area contributed by atoms with Crippen molar-refractivity contribution in [3.8, 4) is 0 Å². The van der Waals surface area contributed by atoms with Gasteiger partial charge in [-0.1, -0.05) is 37.3 Å². The molecule has 2 aliphatic rings. The summed E-state index contributed by atoms with van der Waals surface area (Å²) in [7, 11) is 2.00. The fraction of sp³-hybridized carbons (Fsp3) is 0.632. The third kappa shape index (κ3) is 5.58. The summed E-state index contributed by atoms with van der Waals surface area (Å²) in [6, 6.07) is 11.1. The van der Waals surface area contributed by atoms with E-state index in [0.29, 0.717) is 17.9 Å². The second-order valence-electron chi connectivity index (χ2n) is 7.15. The molecule has 1 atom stereocenters. The Kier molecular flexibility index (Phi) is 9.22. The van der Waals surface area contributed by atoms with E-state index >= 15 is 0 Å². The first-order valence-corrected chi connectivity index (χ1v) is 8.89. The molecular weight excluding hydrogens is 357 g/mol. The summed E-state index contributed by atoms with van der Waals surface area (Å²) in [6.07, 6.45) is 2.18. The summed E-state index contributed by atoms with van der Waals surface area (Å²) in [5, 5.41) is 3.27. The lowest BCUT2D eigenvalue weighted by atomic mass is 9.87. The zero-order chi connectivity index (χ0) is 16.2. The SMILES string of the molecule is CC(C(=O)N(C)C1CCN(Cc2ccccc2)CC1)C1CNC1.Cl.Cl. The Bertz CT molecular complexity index is 517. The Balaban J connectivity index is 0.00000156. The van der Waals surface area contributed by atoms with Crippen molar-refractivity contribution in [2.45, 2.75) is 32.4 Å². The van der Waals surface area contributed by atoms with Gasteiger partial charge in [-0.15, -0.1) is 24.8 Å². The van der Waals surface area contributed by atoms with Gasteiger partial charge in [0.2, 0.25) is 5.91 Å². The average Bonchev–Trinajstić information content (AvgIpc) is 2.53. The fourth-order valence-electron chi connectivity index (χ4n) is 3.67. The van der Waals surface area contributed by atoms with Crippen molar-refractivity contribution in [3.63, 3.8) is 0 Å². The van der Waals surface area contributed by atoms with Crippen molar-refractivity contribution in [2.24, 2.45) is 11.8 Å². The Morgan fingerprint density at radius 2 is 1.80 bits per heavy atom. The van der Waals surface area contributed by atoms with Crippen LogP contribution in [0.3, 0.4) is 0 Å². The molecule has 4 nitrogen and oxygen atoms in total. The number of carbonyl (C=O) groups is 1. The number of rotatable bonds is 5. The highest BCUT2D eigenvalue weighted by Gasteiger charge is 2.33. The number of amides is 1. The van der Waals surface area contributed by atoms with Gasteiger partial charge in [-0.05, 0) is 37.4 Å². The number of carbonyl (C=O) groups excluding carboxylic acids is 1. The lowest BCUT2D eigenvalue weighted by Gasteiger charge is -2.40. The molecular formula is C19H31Cl2N3O. The van der Waals surface area contributed by atoms with Gasteiger partial charge in [0.25, 0.3) is 0 Å². The van der Waals surface area contributed by atoms with Crippen LogP contribution in [0.25, 0.3) is 0 Å². The first-order chi connectivity index (χ1) is 11.1. The third-order valence-corrected chi connectivity index (χ3v) is 5.61. The molecule has 1 unspecified atom stereocenters. The molecule has 2 aliphatic heterocycles. The lowest BCUT2D eigenvalue weighted by Crippen LogP contribution is -2.52. The minimum absolute atomic E-state index is 0. The third-order valence-electron chi connectivity index (χ3n) is 5.61. The van der Waals surface area contributed by atoms with Crippen molar-refractivity contribution in [3.05, 3.63) is 35.9 Å². The van der Waals surface area contributed by atoms with Crippen molar-refractivity contribution in [1.29, 1.82) is 0 Å². The van der Waals surface area contributed by atoms with E-state index in [9.17, 15) is 4.79 Å². The molecule has 0 radical (unpaired) electrons. The van der Waals surface area contributed by atoms with Crippen molar-refractivity contribution in [1.82, 2.24) is 15.1 Å². The molecule has 142 valence electrons. The van der Waals surface area contributed by atoms with E-state index in [0.717, 1.165) is 45.6 Å². The van der Waals surface area contributed by atoms with Crippen molar-refractivity contribution >= 4 is 30.7 Å². The summed E-state index contributed by atoms with van der Waals surface area (Å²) in [5.41, 5.74) is 1.38. The van der Waals surface area contributed by atoms with E-state index in [4.69, 9.17) is 0 Å². The predicted molar refractivity (Wildman–Crippen MR) is 108 cm³/mol. The van der Waals surface area contributed by atoms with Crippen LogP contribution in [0.2, 0.25) is 0 Å². The Hall–Kier alpha value is -0.810. The molecule has 1 N–H and O–H groups in total. The number of piperidine rings is 1. The molecule has 1 aromatic carbocycles. The number of nitrogens with one attached hydrogen (secondary N) is 1. The highest BCUT2D eigenvalue weighted by atomic mass is 35.5. The smallest absolute Gasteiger partial charge is 0.225 e. The number of halogens is 2. The van der Waals surface area contributed by atoms with Crippen LogP contribution in [0.15, 0.2) is 30.3 Å². The van der Waals surface area contributed by atoms with Crippen LogP contribution in [-0.2, 0) is 11.3 Å². The predicted octanol–water partition coefficient (Wildman–Crippen LogP) is 2.81. The normalized spacial score (nSPS) is 19.9. The van der Waals surface area contributed by atoms with E-state index in [-0.39, 0.29) is 30.7 Å². The maximum atomic E-state index is 12.6. The first kappa shape index (κ1) is 22.2. The van der Waals surface area contributed by atoms with Crippen molar-refractivity contribution < 1.29 is 4.79 Å². The molecule has 0 spiro atoms. The zero-order valence-electron chi connectivity index (χ0n) is 15.2. The van der Waals surface area contributed by atoms with Crippen LogP contribution in [0.1, 0.15) is 25.3 Å². The zero-order valence-corrected chi connectivity index (χ0v) is 16.8. The van der Waals surface area contributed by atoms with Gasteiger partial charge < -0.3 is 10.2 Å². The summed E-state index contributed by atoms with van der Waals surface area (Å²) in [6.45, 7) is 7.27. The van der Waals surface area contributed by atoms with Gasteiger partial charge in [0.15, 0.2) is 0 Å². The van der Waals surface area contributed by atoms with E-state index in [1.165, 1.54) is 5.56 Å². The van der Waals surface area contributed by atoms with Gasteiger partial charge in [-0.3, -0.25) is 9.69 Å². The Morgan fingerprint density at radius 1 is 1.20 bits per heavy atom. The molecule has 0 bridgehead atoms. The second-order valence-corrected chi connectivity index (χ2v) is 7.15. The number of nitrogens with zero attached hydrogens (tertiary/aromatic N) is 2. The molecule has 1 amide bonds. The topological polar surface area (TPSA) is 35.6 Å². The maximum absolute atomic E-state index is 12.6. The molecule has 2 saturated heterocycles. The van der Waals surface area contributed by atoms with Crippen LogP contribution in [-0.4, -0.2) is 55.0 Å². The fourth-order valence-corrected chi connectivity index (χ4v) is 3.67. The molecule has 0 aromatic heterocycles. The van der Waals surface area contributed by atoms with Gasteiger partial charge in [-0.2, -0.15) is 0 Å². The van der Waals surface area contributed by atoms with Gasteiger partial charge in [0.1, 0.15) is 0 Å². The molecule has 0 saturated carbocycles. The number of benzene rings is 1. The maximum Gasteiger partial charge on any atom is 0.225 e. The van der Waals surface area contributed by atoms with Crippen LogP contribution in [0, 0.1) is 11.8 Å². The molecule has 0 aliphatic carbocycles. The van der Waals surface area contributed by atoms with Crippen molar-refractivity contribution in [2.75, 3.05) is 33.2 Å². The van der Waals surface area contributed by atoms with E-state index in [1.807, 2.05) is 11.9 Å².